The number of rotatable bonds is 6. The Morgan fingerprint density at radius 2 is 2.12 bits per heavy atom. The first-order chi connectivity index (χ1) is 8.09. The number of hydrogen-bond donors (Lipinski definition) is 1. The van der Waals surface area contributed by atoms with Crippen LogP contribution in [0, 0.1) is 5.92 Å². The average molecular weight is 250 g/mol. The minimum atomic E-state index is -0.908. The first-order valence-electron chi connectivity index (χ1n) is 5.66. The van der Waals surface area contributed by atoms with E-state index in [0.717, 1.165) is 17.1 Å². The Balaban J connectivity index is 2.67. The lowest BCUT2D eigenvalue weighted by atomic mass is 10.1. The van der Waals surface area contributed by atoms with E-state index >= 15 is 0 Å². The summed E-state index contributed by atoms with van der Waals surface area (Å²) in [7, 11) is 0. The number of carboxylic acid groups (broad SMARTS) is 1. The molecule has 1 N–H and O–H groups in total. The number of thioether (sulfide) groups is 1. The quantitative estimate of drug-likeness (QED) is 0.783. The molecule has 0 radical (unpaired) electrons. The highest BCUT2D eigenvalue weighted by Crippen LogP contribution is 2.19. The smallest absolute Gasteiger partial charge is 0.328 e. The summed E-state index contributed by atoms with van der Waals surface area (Å²) in [6.45, 7) is 4.40. The molecule has 1 aromatic carbocycles. The van der Waals surface area contributed by atoms with Gasteiger partial charge in [-0.1, -0.05) is 38.1 Å². The molecule has 0 heterocycles. The Bertz CT molecular complexity index is 397. The van der Waals surface area contributed by atoms with E-state index in [1.54, 1.807) is 6.08 Å². The van der Waals surface area contributed by atoms with Crippen molar-refractivity contribution in [1.82, 2.24) is 0 Å². The number of carbonyl (C=O) groups is 1. The number of benzene rings is 1. The van der Waals surface area contributed by atoms with Gasteiger partial charge in [0.05, 0.1) is 0 Å². The van der Waals surface area contributed by atoms with Crippen molar-refractivity contribution in [3.63, 3.8) is 0 Å². The van der Waals surface area contributed by atoms with Gasteiger partial charge in [-0.15, -0.1) is 0 Å². The number of hydrogen-bond acceptors (Lipinski definition) is 2. The van der Waals surface area contributed by atoms with E-state index < -0.39 is 5.97 Å². The molecule has 0 aliphatic carbocycles. The fraction of sp³-hybridized carbons (Fsp3) is 0.357. The molecular formula is C14H18O2S. The van der Waals surface area contributed by atoms with Crippen LogP contribution in [0.15, 0.2) is 30.3 Å². The summed E-state index contributed by atoms with van der Waals surface area (Å²) in [5.41, 5.74) is 2.18. The summed E-state index contributed by atoms with van der Waals surface area (Å²) in [4.78, 5) is 10.5. The maximum absolute atomic E-state index is 10.5. The molecule has 0 aromatic heterocycles. The van der Waals surface area contributed by atoms with Gasteiger partial charge in [-0.05, 0) is 28.9 Å². The van der Waals surface area contributed by atoms with Crippen molar-refractivity contribution in [1.29, 1.82) is 0 Å². The van der Waals surface area contributed by atoms with Gasteiger partial charge >= 0.3 is 5.97 Å². The molecule has 0 aliphatic heterocycles. The molecule has 0 atom stereocenters. The fourth-order valence-corrected chi connectivity index (χ4v) is 2.47. The third-order valence-electron chi connectivity index (χ3n) is 2.17. The Kier molecular flexibility index (Phi) is 5.84. The zero-order chi connectivity index (χ0) is 12.7. The molecule has 0 fully saturated rings. The minimum Gasteiger partial charge on any atom is -0.478 e. The van der Waals surface area contributed by atoms with Crippen LogP contribution in [-0.2, 0) is 10.5 Å². The summed E-state index contributed by atoms with van der Waals surface area (Å²) >= 11 is 1.88. The van der Waals surface area contributed by atoms with E-state index in [0.29, 0.717) is 5.92 Å². The average Bonchev–Trinajstić information content (AvgIpc) is 2.27. The molecule has 17 heavy (non-hydrogen) atoms. The summed E-state index contributed by atoms with van der Waals surface area (Å²) < 4.78 is 0. The Labute approximate surface area is 107 Å². The largest absolute Gasteiger partial charge is 0.478 e. The van der Waals surface area contributed by atoms with E-state index in [1.807, 2.05) is 30.0 Å². The topological polar surface area (TPSA) is 37.3 Å². The van der Waals surface area contributed by atoms with Crippen molar-refractivity contribution < 1.29 is 9.90 Å². The van der Waals surface area contributed by atoms with Crippen LogP contribution < -0.4 is 0 Å². The molecule has 0 amide bonds. The molecule has 0 bridgehead atoms. The molecule has 0 spiro atoms. The van der Waals surface area contributed by atoms with Crippen LogP contribution in [0.3, 0.4) is 0 Å². The van der Waals surface area contributed by atoms with Gasteiger partial charge in [0.2, 0.25) is 0 Å². The molecule has 1 aromatic rings. The van der Waals surface area contributed by atoms with Gasteiger partial charge in [-0.25, -0.2) is 4.79 Å². The van der Waals surface area contributed by atoms with Crippen LogP contribution in [0.5, 0.6) is 0 Å². The van der Waals surface area contributed by atoms with E-state index in [1.165, 1.54) is 11.6 Å². The second-order valence-corrected chi connectivity index (χ2v) is 5.31. The maximum atomic E-state index is 10.5. The monoisotopic (exact) mass is 250 g/mol. The summed E-state index contributed by atoms with van der Waals surface area (Å²) in [6, 6.07) is 7.92. The predicted octanol–water partition coefficient (Wildman–Crippen LogP) is 3.67. The zero-order valence-corrected chi connectivity index (χ0v) is 11.0. The van der Waals surface area contributed by atoms with Gasteiger partial charge in [0.15, 0.2) is 0 Å². The van der Waals surface area contributed by atoms with Crippen molar-refractivity contribution in [3.8, 4) is 0 Å². The lowest BCUT2D eigenvalue weighted by molar-refractivity contribution is -0.131. The molecule has 0 saturated carbocycles. The summed E-state index contributed by atoms with van der Waals surface area (Å²) in [5, 5.41) is 8.62. The first-order valence-corrected chi connectivity index (χ1v) is 6.81. The number of carboxylic acids is 1. The van der Waals surface area contributed by atoms with Crippen LogP contribution in [0.25, 0.3) is 6.08 Å². The second-order valence-electron chi connectivity index (χ2n) is 4.28. The van der Waals surface area contributed by atoms with Crippen molar-refractivity contribution in [3.05, 3.63) is 41.5 Å². The molecule has 92 valence electrons. The van der Waals surface area contributed by atoms with Crippen molar-refractivity contribution in [2.24, 2.45) is 5.92 Å². The first kappa shape index (κ1) is 13.8. The van der Waals surface area contributed by atoms with Crippen LogP contribution in [-0.4, -0.2) is 16.8 Å². The highest BCUT2D eigenvalue weighted by molar-refractivity contribution is 7.98. The van der Waals surface area contributed by atoms with Crippen molar-refractivity contribution in [2.75, 3.05) is 5.75 Å². The van der Waals surface area contributed by atoms with Gasteiger partial charge in [0, 0.05) is 11.8 Å². The SMILES string of the molecule is CC(C)CSCc1ccccc1C=CC(=O)O. The Hall–Kier alpha value is -1.22. The maximum Gasteiger partial charge on any atom is 0.328 e. The minimum absolute atomic E-state index is 0.682. The highest BCUT2D eigenvalue weighted by atomic mass is 32.2. The Morgan fingerprint density at radius 3 is 2.76 bits per heavy atom. The van der Waals surface area contributed by atoms with E-state index in [9.17, 15) is 4.79 Å². The lowest BCUT2D eigenvalue weighted by Crippen LogP contribution is -1.93. The van der Waals surface area contributed by atoms with Crippen LogP contribution >= 0.6 is 11.8 Å². The number of aliphatic carboxylic acids is 1. The Morgan fingerprint density at radius 1 is 1.41 bits per heavy atom. The zero-order valence-electron chi connectivity index (χ0n) is 10.2. The van der Waals surface area contributed by atoms with E-state index in [2.05, 4.69) is 19.9 Å². The molecule has 0 aliphatic rings. The highest BCUT2D eigenvalue weighted by Gasteiger charge is 2.01. The van der Waals surface area contributed by atoms with Gasteiger partial charge in [0.1, 0.15) is 0 Å². The summed E-state index contributed by atoms with van der Waals surface area (Å²) in [5.74, 6) is 1.83. The molecule has 0 saturated heterocycles. The van der Waals surface area contributed by atoms with Gasteiger partial charge in [0.25, 0.3) is 0 Å². The molecule has 3 heteroatoms. The third-order valence-corrected chi connectivity index (χ3v) is 3.59. The molecule has 0 unspecified atom stereocenters. The van der Waals surface area contributed by atoms with Crippen molar-refractivity contribution in [2.45, 2.75) is 19.6 Å². The summed E-state index contributed by atoms with van der Waals surface area (Å²) in [6.07, 6.45) is 2.85. The second kappa shape index (κ2) is 7.17. The standard InChI is InChI=1S/C14H18O2S/c1-11(2)9-17-10-13-6-4-3-5-12(13)7-8-14(15)16/h3-8,11H,9-10H2,1-2H3,(H,15,16). The van der Waals surface area contributed by atoms with Crippen LogP contribution in [0.1, 0.15) is 25.0 Å². The van der Waals surface area contributed by atoms with Crippen LogP contribution in [0.4, 0.5) is 0 Å². The molecule has 2 nitrogen and oxygen atoms in total. The fourth-order valence-electron chi connectivity index (χ4n) is 1.39. The lowest BCUT2D eigenvalue weighted by Gasteiger charge is -2.07. The van der Waals surface area contributed by atoms with Crippen LogP contribution in [0.2, 0.25) is 0 Å². The van der Waals surface area contributed by atoms with Crippen molar-refractivity contribution >= 4 is 23.8 Å². The predicted molar refractivity (Wildman–Crippen MR) is 74.1 cm³/mol. The van der Waals surface area contributed by atoms with Gasteiger partial charge in [-0.3, -0.25) is 0 Å². The van der Waals surface area contributed by atoms with Gasteiger partial charge in [-0.2, -0.15) is 11.8 Å². The van der Waals surface area contributed by atoms with E-state index in [4.69, 9.17) is 5.11 Å². The third kappa shape index (κ3) is 5.59. The normalized spacial score (nSPS) is 11.2. The van der Waals surface area contributed by atoms with Gasteiger partial charge < -0.3 is 5.11 Å². The molecule has 1 rings (SSSR count). The molecular weight excluding hydrogens is 232 g/mol. The van der Waals surface area contributed by atoms with E-state index in [-0.39, 0.29) is 0 Å².